The molecule has 0 amide bonds. The second-order valence-electron chi connectivity index (χ2n) is 10.2. The minimum atomic E-state index is -0.880. The minimum absolute atomic E-state index is 0.0526. The van der Waals surface area contributed by atoms with E-state index < -0.39 is 17.7 Å². The Morgan fingerprint density at radius 1 is 0.906 bits per heavy atom. The van der Waals surface area contributed by atoms with Crippen LogP contribution in [0.2, 0.25) is 0 Å². The summed E-state index contributed by atoms with van der Waals surface area (Å²) < 4.78 is 35.4. The predicted octanol–water partition coefficient (Wildman–Crippen LogP) is 8.81. The molecule has 0 spiro atoms. The molecule has 0 N–H and O–H groups in total. The number of halogens is 2. The van der Waals surface area contributed by atoms with Gasteiger partial charge < -0.3 is 4.74 Å². The van der Waals surface area contributed by atoms with Gasteiger partial charge in [0.05, 0.1) is 0 Å². The van der Waals surface area contributed by atoms with Gasteiger partial charge in [-0.15, -0.1) is 6.42 Å². The van der Waals surface area contributed by atoms with E-state index in [-0.39, 0.29) is 11.7 Å². The highest BCUT2D eigenvalue weighted by atomic mass is 19.2. The van der Waals surface area contributed by atoms with Crippen molar-refractivity contribution in [2.24, 2.45) is 17.8 Å². The quantitative estimate of drug-likeness (QED) is 0.259. The van der Waals surface area contributed by atoms with Crippen molar-refractivity contribution in [3.8, 4) is 18.1 Å². The van der Waals surface area contributed by atoms with E-state index in [1.807, 2.05) is 0 Å². The Balaban J connectivity index is 1.54. The van der Waals surface area contributed by atoms with Crippen LogP contribution in [0, 0.1) is 41.7 Å². The fourth-order valence-electron chi connectivity index (χ4n) is 6.12. The van der Waals surface area contributed by atoms with E-state index in [1.54, 1.807) is 12.1 Å². The molecule has 2 fully saturated rings. The molecule has 178 valence electrons. The molecule has 1 atom stereocenters. The van der Waals surface area contributed by atoms with Crippen molar-refractivity contribution in [2.75, 3.05) is 0 Å². The third kappa shape index (κ3) is 6.49. The molecular weight excluding hydrogens is 402 g/mol. The van der Waals surface area contributed by atoms with Gasteiger partial charge in [0.15, 0.2) is 17.7 Å². The van der Waals surface area contributed by atoms with E-state index in [2.05, 4.69) is 19.8 Å². The van der Waals surface area contributed by atoms with Gasteiger partial charge in [-0.1, -0.05) is 64.4 Å². The number of rotatable bonds is 10. The van der Waals surface area contributed by atoms with E-state index in [4.69, 9.17) is 11.2 Å². The summed E-state index contributed by atoms with van der Waals surface area (Å²) in [4.78, 5) is 0. The minimum Gasteiger partial charge on any atom is -0.475 e. The zero-order valence-corrected chi connectivity index (χ0v) is 20.2. The van der Waals surface area contributed by atoms with Crippen LogP contribution in [0.3, 0.4) is 0 Å². The first-order valence-electron chi connectivity index (χ1n) is 13.2. The van der Waals surface area contributed by atoms with Crippen molar-refractivity contribution in [3.63, 3.8) is 0 Å². The lowest BCUT2D eigenvalue weighted by molar-refractivity contribution is 0.155. The molecular formula is C29H42F2O. The highest BCUT2D eigenvalue weighted by Gasteiger charge is 2.32. The van der Waals surface area contributed by atoms with Crippen LogP contribution in [0.25, 0.3) is 0 Å². The summed E-state index contributed by atoms with van der Waals surface area (Å²) in [5.41, 5.74) is 0.517. The lowest BCUT2D eigenvalue weighted by Crippen LogP contribution is -2.25. The Kier molecular flexibility index (Phi) is 9.89. The summed E-state index contributed by atoms with van der Waals surface area (Å²) in [6.45, 7) is 4.40. The lowest BCUT2D eigenvalue weighted by Gasteiger charge is -2.38. The molecule has 0 unspecified atom stereocenters. The predicted molar refractivity (Wildman–Crippen MR) is 129 cm³/mol. The third-order valence-corrected chi connectivity index (χ3v) is 8.07. The summed E-state index contributed by atoms with van der Waals surface area (Å²) >= 11 is 0. The highest BCUT2D eigenvalue weighted by Crippen LogP contribution is 2.45. The summed E-state index contributed by atoms with van der Waals surface area (Å²) in [7, 11) is 0. The van der Waals surface area contributed by atoms with Gasteiger partial charge in [0.25, 0.3) is 0 Å². The molecule has 0 bridgehead atoms. The van der Waals surface area contributed by atoms with Crippen molar-refractivity contribution in [2.45, 2.75) is 116 Å². The number of ether oxygens (including phenoxy) is 1. The van der Waals surface area contributed by atoms with Crippen LogP contribution in [-0.4, -0.2) is 6.10 Å². The van der Waals surface area contributed by atoms with E-state index in [1.165, 1.54) is 38.5 Å². The molecule has 3 heteroatoms. The Bertz CT molecular complexity index is 736. The van der Waals surface area contributed by atoms with Gasteiger partial charge in [-0.25, -0.2) is 4.39 Å². The molecule has 2 aliphatic rings. The van der Waals surface area contributed by atoms with Gasteiger partial charge in [-0.05, 0) is 86.7 Å². The van der Waals surface area contributed by atoms with Crippen LogP contribution >= 0.6 is 0 Å². The van der Waals surface area contributed by atoms with Gasteiger partial charge >= 0.3 is 0 Å². The summed E-state index contributed by atoms with van der Waals surface area (Å²) in [5, 5.41) is 0. The molecule has 3 rings (SSSR count). The average molecular weight is 445 g/mol. The van der Waals surface area contributed by atoms with Crippen LogP contribution in [0.5, 0.6) is 5.75 Å². The fraction of sp³-hybridized carbons (Fsp3) is 0.724. The Morgan fingerprint density at radius 2 is 1.56 bits per heavy atom. The number of benzene rings is 1. The van der Waals surface area contributed by atoms with Crippen LogP contribution in [0.4, 0.5) is 8.78 Å². The molecule has 2 saturated carbocycles. The normalized spacial score (nSPS) is 27.0. The molecule has 0 saturated heterocycles. The lowest BCUT2D eigenvalue weighted by atomic mass is 9.68. The van der Waals surface area contributed by atoms with Crippen molar-refractivity contribution in [1.82, 2.24) is 0 Å². The van der Waals surface area contributed by atoms with Gasteiger partial charge in [0.2, 0.25) is 5.82 Å². The topological polar surface area (TPSA) is 9.23 Å². The SMILES string of the molecule is C#C[C@H](CCCCC)Oc1ccc(C2CCC(C3CCC(CCC)CC3)CC2)c(F)c1F. The van der Waals surface area contributed by atoms with Crippen molar-refractivity contribution < 1.29 is 13.5 Å². The first-order chi connectivity index (χ1) is 15.6. The maximum absolute atomic E-state index is 15.0. The first kappa shape index (κ1) is 25.1. The van der Waals surface area contributed by atoms with E-state index >= 15 is 0 Å². The van der Waals surface area contributed by atoms with Crippen LogP contribution < -0.4 is 4.74 Å². The zero-order valence-electron chi connectivity index (χ0n) is 20.2. The average Bonchev–Trinajstić information content (AvgIpc) is 2.82. The van der Waals surface area contributed by atoms with Crippen LogP contribution in [0.1, 0.15) is 115 Å². The maximum atomic E-state index is 15.0. The Morgan fingerprint density at radius 3 is 2.16 bits per heavy atom. The molecule has 0 aromatic heterocycles. The van der Waals surface area contributed by atoms with Crippen molar-refractivity contribution in [1.29, 1.82) is 0 Å². The van der Waals surface area contributed by atoms with Crippen molar-refractivity contribution in [3.05, 3.63) is 29.3 Å². The third-order valence-electron chi connectivity index (χ3n) is 8.07. The van der Waals surface area contributed by atoms with E-state index in [0.29, 0.717) is 12.0 Å². The number of terminal acetylenes is 1. The molecule has 1 nitrogen and oxygen atoms in total. The zero-order chi connectivity index (χ0) is 22.9. The van der Waals surface area contributed by atoms with Gasteiger partial charge in [-0.2, -0.15) is 4.39 Å². The van der Waals surface area contributed by atoms with Crippen molar-refractivity contribution >= 4 is 0 Å². The highest BCUT2D eigenvalue weighted by molar-refractivity contribution is 5.34. The van der Waals surface area contributed by atoms with E-state index in [9.17, 15) is 8.78 Å². The fourth-order valence-corrected chi connectivity index (χ4v) is 6.12. The smallest absolute Gasteiger partial charge is 0.200 e. The van der Waals surface area contributed by atoms with E-state index in [0.717, 1.165) is 62.7 Å². The second-order valence-corrected chi connectivity index (χ2v) is 10.2. The second kappa shape index (κ2) is 12.6. The Hall–Kier alpha value is -1.56. The van der Waals surface area contributed by atoms with Gasteiger partial charge in [0, 0.05) is 0 Å². The monoisotopic (exact) mass is 444 g/mol. The number of hydrogen-bond donors (Lipinski definition) is 0. The standard InChI is InChI=1S/C29H42F2O/c1-4-7-8-10-25(6-3)32-27-20-19-26(28(30)29(27)31)24-17-15-23(16-18-24)22-13-11-21(9-5-2)12-14-22/h3,19-25H,4-5,7-18H2,1-2H3/t21?,22?,23?,24?,25-/m1/s1. The molecule has 2 aliphatic carbocycles. The molecule has 1 aromatic rings. The molecule has 32 heavy (non-hydrogen) atoms. The summed E-state index contributed by atoms with van der Waals surface area (Å²) in [6, 6.07) is 3.31. The molecule has 0 aliphatic heterocycles. The molecule has 0 heterocycles. The maximum Gasteiger partial charge on any atom is 0.200 e. The summed E-state index contributed by atoms with van der Waals surface area (Å²) in [6.07, 6.45) is 21.1. The number of unbranched alkanes of at least 4 members (excludes halogenated alkanes) is 2. The molecule has 1 aromatic carbocycles. The van der Waals surface area contributed by atoms with Gasteiger partial charge in [0.1, 0.15) is 0 Å². The van der Waals surface area contributed by atoms with Crippen LogP contribution in [0.15, 0.2) is 12.1 Å². The Labute approximate surface area is 194 Å². The van der Waals surface area contributed by atoms with Crippen LogP contribution in [-0.2, 0) is 0 Å². The number of hydrogen-bond acceptors (Lipinski definition) is 1. The molecule has 0 radical (unpaired) electrons. The van der Waals surface area contributed by atoms with Gasteiger partial charge in [-0.3, -0.25) is 0 Å². The first-order valence-corrected chi connectivity index (χ1v) is 13.2. The largest absolute Gasteiger partial charge is 0.475 e. The summed E-state index contributed by atoms with van der Waals surface area (Å²) in [5.74, 6) is 3.55.